The number of nitrogens with zero attached hydrogens (tertiary/aromatic N) is 1. The fourth-order valence-corrected chi connectivity index (χ4v) is 0.772. The van der Waals surface area contributed by atoms with Gasteiger partial charge in [0.2, 0.25) is 0 Å². The predicted molar refractivity (Wildman–Crippen MR) is 39.7 cm³/mol. The van der Waals surface area contributed by atoms with Crippen LogP contribution in [0.3, 0.4) is 0 Å². The summed E-state index contributed by atoms with van der Waals surface area (Å²) >= 11 is 0. The van der Waals surface area contributed by atoms with Crippen molar-refractivity contribution in [2.24, 2.45) is 0 Å². The molecule has 0 saturated heterocycles. The van der Waals surface area contributed by atoms with E-state index in [1.165, 1.54) is 6.07 Å². The van der Waals surface area contributed by atoms with Gasteiger partial charge in [-0.1, -0.05) is 6.92 Å². The summed E-state index contributed by atoms with van der Waals surface area (Å²) in [5.41, 5.74) is 0.717. The Hall–Kier alpha value is -0.960. The number of aromatic nitrogens is 1. The summed E-state index contributed by atoms with van der Waals surface area (Å²) in [6, 6.07) is 2.92. The van der Waals surface area contributed by atoms with Gasteiger partial charge >= 0.3 is 0 Å². The van der Waals surface area contributed by atoms with Gasteiger partial charge in [-0.05, 0) is 12.1 Å². The lowest BCUT2D eigenvalue weighted by atomic mass is 10.1. The van der Waals surface area contributed by atoms with Crippen molar-refractivity contribution in [3.8, 4) is 0 Å². The first kappa shape index (κ1) is 8.14. The van der Waals surface area contributed by atoms with Crippen molar-refractivity contribution < 1.29 is 9.50 Å². The molecule has 0 aliphatic heterocycles. The van der Waals surface area contributed by atoms with E-state index >= 15 is 0 Å². The summed E-state index contributed by atoms with van der Waals surface area (Å²) in [6.07, 6.45) is 1.15. The molecule has 1 aromatic heterocycles. The molecule has 1 aromatic rings. The molecule has 1 atom stereocenters. The van der Waals surface area contributed by atoms with Gasteiger partial charge < -0.3 is 5.11 Å². The maximum absolute atomic E-state index is 12.3. The van der Waals surface area contributed by atoms with Crippen LogP contribution in [0.5, 0.6) is 0 Å². The first-order valence-corrected chi connectivity index (χ1v) is 3.46. The highest BCUT2D eigenvalue weighted by atomic mass is 19.1. The minimum absolute atomic E-state index is 0.0180. The van der Waals surface area contributed by atoms with Crippen LogP contribution in [0.4, 0.5) is 4.39 Å². The molecule has 3 heteroatoms. The number of aliphatic hydroxyl groups excluding tert-OH is 1. The predicted octanol–water partition coefficient (Wildman–Crippen LogP) is 1.32. The van der Waals surface area contributed by atoms with Gasteiger partial charge in [0.05, 0.1) is 12.8 Å². The monoisotopic (exact) mass is 155 g/mol. The van der Waals surface area contributed by atoms with E-state index in [9.17, 15) is 4.39 Å². The van der Waals surface area contributed by atoms with Gasteiger partial charge in [0.25, 0.3) is 0 Å². The van der Waals surface area contributed by atoms with Gasteiger partial charge in [-0.25, -0.2) is 4.39 Å². The maximum Gasteiger partial charge on any atom is 0.141 e. The molecule has 0 fully saturated rings. The summed E-state index contributed by atoms with van der Waals surface area (Å²) in [4.78, 5) is 3.81. The van der Waals surface area contributed by atoms with Gasteiger partial charge in [0.1, 0.15) is 5.82 Å². The molecule has 0 aromatic carbocycles. The molecule has 0 radical (unpaired) electrons. The second-order valence-electron chi connectivity index (χ2n) is 2.48. The second kappa shape index (κ2) is 3.44. The van der Waals surface area contributed by atoms with Gasteiger partial charge in [-0.2, -0.15) is 0 Å². The Kier molecular flexibility index (Phi) is 2.54. The smallest absolute Gasteiger partial charge is 0.141 e. The molecule has 1 rings (SSSR count). The van der Waals surface area contributed by atoms with E-state index in [1.807, 2.05) is 6.92 Å². The van der Waals surface area contributed by atoms with E-state index in [0.717, 1.165) is 6.20 Å². The number of aliphatic hydroxyl groups is 1. The first-order chi connectivity index (χ1) is 5.24. The quantitative estimate of drug-likeness (QED) is 0.698. The topological polar surface area (TPSA) is 33.1 Å². The van der Waals surface area contributed by atoms with Crippen LogP contribution in [0, 0.1) is 5.82 Å². The van der Waals surface area contributed by atoms with E-state index in [2.05, 4.69) is 4.98 Å². The highest BCUT2D eigenvalue weighted by molar-refractivity contribution is 5.09. The summed E-state index contributed by atoms with van der Waals surface area (Å²) in [5, 5.41) is 8.72. The molecular weight excluding hydrogens is 145 g/mol. The Bertz CT molecular complexity index is 222. The lowest BCUT2D eigenvalue weighted by Gasteiger charge is -2.05. The Morgan fingerprint density at radius 2 is 2.36 bits per heavy atom. The molecule has 1 N–H and O–H groups in total. The molecular formula is C8H10FNO. The molecule has 0 spiro atoms. The Morgan fingerprint density at radius 3 is 2.82 bits per heavy atom. The molecule has 11 heavy (non-hydrogen) atoms. The van der Waals surface area contributed by atoms with Crippen LogP contribution < -0.4 is 0 Å². The number of hydrogen-bond acceptors (Lipinski definition) is 2. The van der Waals surface area contributed by atoms with Gasteiger partial charge in [-0.3, -0.25) is 4.98 Å². The van der Waals surface area contributed by atoms with Crippen LogP contribution in [-0.4, -0.2) is 16.7 Å². The fraction of sp³-hybridized carbons (Fsp3) is 0.375. The van der Waals surface area contributed by atoms with E-state index in [0.29, 0.717) is 5.69 Å². The second-order valence-corrected chi connectivity index (χ2v) is 2.48. The molecule has 2 nitrogen and oxygen atoms in total. The number of hydrogen-bond donors (Lipinski definition) is 1. The van der Waals surface area contributed by atoms with E-state index in [4.69, 9.17) is 5.11 Å². The molecule has 0 aliphatic carbocycles. The molecule has 60 valence electrons. The van der Waals surface area contributed by atoms with Crippen molar-refractivity contribution in [3.05, 3.63) is 29.8 Å². The third kappa shape index (κ3) is 1.98. The summed E-state index contributed by atoms with van der Waals surface area (Å²) in [5.74, 6) is -0.366. The molecule has 1 heterocycles. The van der Waals surface area contributed by atoms with Crippen LogP contribution in [0.15, 0.2) is 18.3 Å². The highest BCUT2D eigenvalue weighted by Crippen LogP contribution is 2.10. The van der Waals surface area contributed by atoms with Gasteiger partial charge in [0, 0.05) is 11.6 Å². The molecule has 1 unspecified atom stereocenters. The molecule has 0 saturated carbocycles. The van der Waals surface area contributed by atoms with Crippen molar-refractivity contribution >= 4 is 0 Å². The third-order valence-electron chi connectivity index (χ3n) is 1.53. The number of halogens is 1. The number of rotatable bonds is 2. The minimum Gasteiger partial charge on any atom is -0.396 e. The fourth-order valence-electron chi connectivity index (χ4n) is 0.772. The van der Waals surface area contributed by atoms with E-state index in [-0.39, 0.29) is 18.3 Å². The number of pyridine rings is 1. The molecule has 0 aliphatic rings. The van der Waals surface area contributed by atoms with Gasteiger partial charge in [0.15, 0.2) is 0 Å². The minimum atomic E-state index is -0.348. The Balaban J connectivity index is 2.81. The normalized spacial score (nSPS) is 13.0. The summed E-state index contributed by atoms with van der Waals surface area (Å²) < 4.78 is 12.3. The van der Waals surface area contributed by atoms with Crippen LogP contribution >= 0.6 is 0 Å². The summed E-state index contributed by atoms with van der Waals surface area (Å²) in [7, 11) is 0. The molecule has 0 bridgehead atoms. The average Bonchev–Trinajstić information content (AvgIpc) is 2.05. The lowest BCUT2D eigenvalue weighted by Crippen LogP contribution is -2.01. The van der Waals surface area contributed by atoms with Gasteiger partial charge in [-0.15, -0.1) is 0 Å². The van der Waals surface area contributed by atoms with Crippen molar-refractivity contribution in [2.75, 3.05) is 6.61 Å². The van der Waals surface area contributed by atoms with E-state index in [1.54, 1.807) is 6.07 Å². The van der Waals surface area contributed by atoms with Crippen LogP contribution in [0.1, 0.15) is 18.5 Å². The largest absolute Gasteiger partial charge is 0.396 e. The SMILES string of the molecule is CC(CO)c1ccc(F)cn1. The third-order valence-corrected chi connectivity index (χ3v) is 1.53. The van der Waals surface area contributed by atoms with Crippen molar-refractivity contribution in [1.29, 1.82) is 0 Å². The zero-order chi connectivity index (χ0) is 8.27. The average molecular weight is 155 g/mol. The van der Waals surface area contributed by atoms with E-state index < -0.39 is 0 Å². The Morgan fingerprint density at radius 1 is 1.64 bits per heavy atom. The van der Waals surface area contributed by atoms with Crippen molar-refractivity contribution in [2.45, 2.75) is 12.8 Å². The van der Waals surface area contributed by atoms with Crippen molar-refractivity contribution in [3.63, 3.8) is 0 Å². The first-order valence-electron chi connectivity index (χ1n) is 3.46. The summed E-state index contributed by atoms with van der Waals surface area (Å²) in [6.45, 7) is 1.87. The Labute approximate surface area is 64.7 Å². The van der Waals surface area contributed by atoms with Crippen LogP contribution in [-0.2, 0) is 0 Å². The standard InChI is InChI=1S/C8H10FNO/c1-6(5-11)8-3-2-7(9)4-10-8/h2-4,6,11H,5H2,1H3. The lowest BCUT2D eigenvalue weighted by molar-refractivity contribution is 0.271. The highest BCUT2D eigenvalue weighted by Gasteiger charge is 2.03. The van der Waals surface area contributed by atoms with Crippen LogP contribution in [0.2, 0.25) is 0 Å². The zero-order valence-corrected chi connectivity index (χ0v) is 6.29. The molecule has 0 amide bonds. The zero-order valence-electron chi connectivity index (χ0n) is 6.29. The maximum atomic E-state index is 12.3. The van der Waals surface area contributed by atoms with Crippen LogP contribution in [0.25, 0.3) is 0 Å². The van der Waals surface area contributed by atoms with Crippen molar-refractivity contribution in [1.82, 2.24) is 4.98 Å².